The largest absolute Gasteiger partial charge is 0.464 e. The van der Waals surface area contributed by atoms with Gasteiger partial charge in [0.25, 0.3) is 5.91 Å². The number of piperidine rings is 1. The highest BCUT2D eigenvalue weighted by molar-refractivity contribution is 7.10. The maximum absolute atomic E-state index is 14.5. The lowest BCUT2D eigenvalue weighted by atomic mass is 9.84. The number of nitrogens with one attached hydrogen (secondary N) is 3. The zero-order valence-corrected chi connectivity index (χ0v) is 37.4. The summed E-state index contributed by atoms with van der Waals surface area (Å²) < 4.78 is 14.2. The summed E-state index contributed by atoms with van der Waals surface area (Å²) in [5.41, 5.74) is 9.44. The first-order valence-electron chi connectivity index (χ1n) is 21.8. The van der Waals surface area contributed by atoms with E-state index in [0.29, 0.717) is 49.2 Å². The average molecular weight is 853 g/mol. The third-order valence-corrected chi connectivity index (χ3v) is 14.1. The van der Waals surface area contributed by atoms with Gasteiger partial charge in [-0.3, -0.25) is 29.2 Å². The van der Waals surface area contributed by atoms with E-state index >= 15 is 0 Å². The number of amides is 3. The van der Waals surface area contributed by atoms with Crippen LogP contribution in [-0.4, -0.2) is 107 Å². The molecular formula is C46H60N8O6S. The highest BCUT2D eigenvalue weighted by Gasteiger charge is 2.58. The zero-order valence-electron chi connectivity index (χ0n) is 36.6. The topological polar surface area (TPSA) is 160 Å². The first-order valence-corrected chi connectivity index (χ1v) is 22.7. The fraction of sp³-hybridized carbons (Fsp3) is 0.565. The van der Waals surface area contributed by atoms with Gasteiger partial charge in [0, 0.05) is 78.6 Å². The van der Waals surface area contributed by atoms with Crippen LogP contribution in [0, 0.1) is 29.1 Å². The minimum atomic E-state index is -1.01. The van der Waals surface area contributed by atoms with Crippen LogP contribution in [0.4, 0.5) is 0 Å². The molecule has 7 atom stereocenters. The molecule has 2 saturated heterocycles. The van der Waals surface area contributed by atoms with Gasteiger partial charge in [-0.2, -0.15) is 0 Å². The van der Waals surface area contributed by atoms with E-state index < -0.39 is 35.4 Å². The Kier molecular flexibility index (Phi) is 12.1. The Morgan fingerprint density at radius 2 is 1.92 bits per heavy atom. The van der Waals surface area contributed by atoms with Gasteiger partial charge >= 0.3 is 5.97 Å². The number of carbonyl (C=O) groups excluding carboxylic acids is 4. The first kappa shape index (κ1) is 43.0. The number of fused-ring (bicyclic) bond motifs is 7. The molecule has 1 unspecified atom stereocenters. The van der Waals surface area contributed by atoms with Gasteiger partial charge in [0.05, 0.1) is 34.8 Å². The second-order valence-electron chi connectivity index (χ2n) is 18.4. The first-order chi connectivity index (χ1) is 29.2. The fourth-order valence-corrected chi connectivity index (χ4v) is 10.8. The van der Waals surface area contributed by atoms with E-state index in [1.165, 1.54) is 16.3 Å². The van der Waals surface area contributed by atoms with Crippen molar-refractivity contribution in [2.45, 2.75) is 98.0 Å². The fourth-order valence-electron chi connectivity index (χ4n) is 9.90. The van der Waals surface area contributed by atoms with Crippen molar-refractivity contribution in [2.24, 2.45) is 29.1 Å². The maximum atomic E-state index is 14.5. The van der Waals surface area contributed by atoms with E-state index in [1.54, 1.807) is 25.3 Å². The van der Waals surface area contributed by atoms with Crippen LogP contribution in [0.25, 0.3) is 33.4 Å². The number of hydrogen-bond acceptors (Lipinski definition) is 11. The van der Waals surface area contributed by atoms with Gasteiger partial charge in [-0.25, -0.2) is 10.4 Å². The van der Waals surface area contributed by atoms with Crippen molar-refractivity contribution in [3.63, 3.8) is 0 Å². The maximum Gasteiger partial charge on any atom is 0.324 e. The number of benzene rings is 1. The smallest absolute Gasteiger partial charge is 0.324 e. The van der Waals surface area contributed by atoms with E-state index in [4.69, 9.17) is 19.4 Å². The highest BCUT2D eigenvalue weighted by atomic mass is 32.1. The molecule has 3 fully saturated rings. The van der Waals surface area contributed by atoms with Crippen LogP contribution >= 0.6 is 11.3 Å². The van der Waals surface area contributed by atoms with Crippen molar-refractivity contribution in [1.82, 2.24) is 40.5 Å². The molecule has 3 aromatic heterocycles. The number of aryl methyl sites for hydroxylation is 1. The molecule has 3 amide bonds. The van der Waals surface area contributed by atoms with E-state index in [1.807, 2.05) is 32.2 Å². The lowest BCUT2D eigenvalue weighted by Gasteiger charge is -2.36. The minimum Gasteiger partial charge on any atom is -0.464 e. The molecule has 0 radical (unpaired) electrons. The third-order valence-electron chi connectivity index (χ3n) is 13.2. The van der Waals surface area contributed by atoms with E-state index in [2.05, 4.69) is 65.7 Å². The Hall–Kier alpha value is -4.70. The Balaban J connectivity index is 1.18. The van der Waals surface area contributed by atoms with Crippen LogP contribution in [-0.2, 0) is 48.0 Å². The molecule has 15 heteroatoms. The minimum absolute atomic E-state index is 0.0277. The van der Waals surface area contributed by atoms with Crippen molar-refractivity contribution in [1.29, 1.82) is 0 Å². The SMILES string of the molecule is CCn1c(-c2cccnc2[C@H](C)OC)c2c3cc(ccc31)-c1csc(n1)C[C@H](NC(=O)C(C(C)C)N(C)C(=O)[C@H]1[C@@H]3CNC[C@@H]31)C(=O)N1CCC[C@H](N1)C(=O)OCC(C)(C)C2. The Labute approximate surface area is 362 Å². The summed E-state index contributed by atoms with van der Waals surface area (Å²) in [6.45, 7) is 15.0. The molecule has 6 heterocycles. The van der Waals surface area contributed by atoms with E-state index in [-0.39, 0.29) is 42.8 Å². The lowest BCUT2D eigenvalue weighted by molar-refractivity contribution is -0.155. The summed E-state index contributed by atoms with van der Waals surface area (Å²) in [6.07, 6.45) is 3.35. The Bertz CT molecular complexity index is 2310. The molecule has 1 aliphatic carbocycles. The van der Waals surface area contributed by atoms with Gasteiger partial charge in [-0.1, -0.05) is 33.8 Å². The van der Waals surface area contributed by atoms with Gasteiger partial charge in [-0.15, -0.1) is 11.3 Å². The van der Waals surface area contributed by atoms with Gasteiger partial charge in [0.1, 0.15) is 18.1 Å². The van der Waals surface area contributed by atoms with Crippen LogP contribution < -0.4 is 16.1 Å². The predicted molar refractivity (Wildman–Crippen MR) is 234 cm³/mol. The summed E-state index contributed by atoms with van der Waals surface area (Å²) in [5.74, 6) is -0.903. The molecule has 0 spiro atoms. The summed E-state index contributed by atoms with van der Waals surface area (Å²) in [6, 6.07) is 7.93. The number of thiazole rings is 1. The van der Waals surface area contributed by atoms with Crippen LogP contribution in [0.5, 0.6) is 0 Å². The van der Waals surface area contributed by atoms with Crippen LogP contribution in [0.1, 0.15) is 76.8 Å². The summed E-state index contributed by atoms with van der Waals surface area (Å²) in [5, 5.41) is 11.6. The summed E-state index contributed by atoms with van der Waals surface area (Å²) in [7, 11) is 3.39. The number of aromatic nitrogens is 3. The average Bonchev–Trinajstić information content (AvgIpc) is 3.59. The third kappa shape index (κ3) is 8.33. The number of cyclic esters (lactones) is 1. The number of esters is 1. The molecule has 6 bridgehead atoms. The summed E-state index contributed by atoms with van der Waals surface area (Å²) >= 11 is 1.44. The number of carbonyl (C=O) groups is 4. The van der Waals surface area contributed by atoms with Crippen molar-refractivity contribution in [3.05, 3.63) is 58.2 Å². The van der Waals surface area contributed by atoms with E-state index in [9.17, 15) is 19.2 Å². The molecular weight excluding hydrogens is 793 g/mol. The van der Waals surface area contributed by atoms with Crippen molar-refractivity contribution < 1.29 is 28.7 Å². The second-order valence-corrected chi connectivity index (χ2v) is 19.4. The van der Waals surface area contributed by atoms with Crippen LogP contribution in [0.3, 0.4) is 0 Å². The Morgan fingerprint density at radius 3 is 2.64 bits per heavy atom. The van der Waals surface area contributed by atoms with Gasteiger partial charge < -0.3 is 29.6 Å². The van der Waals surface area contributed by atoms with Crippen molar-refractivity contribution in [3.8, 4) is 22.5 Å². The highest BCUT2D eigenvalue weighted by Crippen LogP contribution is 2.50. The van der Waals surface area contributed by atoms with E-state index in [0.717, 1.165) is 57.8 Å². The molecule has 3 N–H and O–H groups in total. The quantitative estimate of drug-likeness (QED) is 0.192. The molecule has 4 aromatic rings. The predicted octanol–water partition coefficient (Wildman–Crippen LogP) is 5.15. The van der Waals surface area contributed by atoms with Gasteiger partial charge in [-0.05, 0) is 93.8 Å². The molecule has 61 heavy (non-hydrogen) atoms. The number of pyridine rings is 1. The molecule has 1 aromatic carbocycles. The van der Waals surface area contributed by atoms with Gasteiger partial charge in [0.15, 0.2) is 0 Å². The van der Waals surface area contributed by atoms with Crippen LogP contribution in [0.2, 0.25) is 0 Å². The normalized spacial score (nSPS) is 24.8. The molecule has 1 saturated carbocycles. The number of hydrazine groups is 1. The van der Waals surface area contributed by atoms with Crippen LogP contribution in [0.15, 0.2) is 41.9 Å². The molecule has 4 aliphatic rings. The number of ether oxygens (including phenoxy) is 2. The number of nitrogens with zero attached hydrogens (tertiary/aromatic N) is 5. The molecule has 326 valence electrons. The lowest BCUT2D eigenvalue weighted by Crippen LogP contribution is -2.62. The number of hydrogen-bond donors (Lipinski definition) is 3. The molecule has 3 aliphatic heterocycles. The Morgan fingerprint density at radius 1 is 1.15 bits per heavy atom. The molecule has 14 nitrogen and oxygen atoms in total. The van der Waals surface area contributed by atoms with Crippen molar-refractivity contribution in [2.75, 3.05) is 40.4 Å². The number of rotatable bonds is 9. The van der Waals surface area contributed by atoms with Gasteiger partial charge in [0.2, 0.25) is 11.8 Å². The summed E-state index contributed by atoms with van der Waals surface area (Å²) in [4.78, 5) is 67.9. The van der Waals surface area contributed by atoms with Crippen molar-refractivity contribution >= 4 is 45.9 Å². The number of likely N-dealkylation sites (N-methyl/N-ethyl adjacent to an activating group) is 1. The second kappa shape index (κ2) is 17.2. The number of methoxy groups -OCH3 is 1. The standard InChI is InChI=1S/C46H60N8O6S/c1-9-53-36-15-14-27-18-29(36)30(41(53)28-12-10-16-48-39(28)26(4)59-8)20-46(5,6)24-60-45(58)33-13-11-17-54(51-33)43(56)34(19-37-49-35(27)23-61-37)50-42(55)40(25(2)3)52(7)44(57)38-31-21-47-22-32(31)38/h10,12,14-16,18,23,25-26,31-34,38,40,47,51H,9,11,13,17,19-22,24H2,1-8H3,(H,50,55)/t26-,31-,32+,33-,34-,38+,40?/m0/s1. The molecule has 8 rings (SSSR count). The zero-order chi connectivity index (χ0) is 43.3. The monoisotopic (exact) mass is 852 g/mol.